The van der Waals surface area contributed by atoms with Gasteiger partial charge in [-0.1, -0.05) is 22.8 Å². The van der Waals surface area contributed by atoms with E-state index in [0.29, 0.717) is 18.0 Å². The zero-order chi connectivity index (χ0) is 11.5. The lowest BCUT2D eigenvalue weighted by Gasteiger charge is -1.98. The zero-order valence-electron chi connectivity index (χ0n) is 8.41. The first-order valence-electron chi connectivity index (χ1n) is 4.82. The van der Waals surface area contributed by atoms with Crippen LogP contribution in [0, 0.1) is 0 Å². The highest BCUT2D eigenvalue weighted by Crippen LogP contribution is 2.28. The summed E-state index contributed by atoms with van der Waals surface area (Å²) < 4.78 is 6.01. The van der Waals surface area contributed by atoms with E-state index >= 15 is 0 Å². The van der Waals surface area contributed by atoms with Crippen LogP contribution in [-0.2, 0) is 6.42 Å². The minimum Gasteiger partial charge on any atom is -0.361 e. The van der Waals surface area contributed by atoms with Crippen molar-refractivity contribution >= 4 is 27.5 Å². The summed E-state index contributed by atoms with van der Waals surface area (Å²) in [4.78, 5) is 0. The molecule has 0 spiro atoms. The fourth-order valence-corrected chi connectivity index (χ4v) is 1.79. The molecular weight excluding hydrogens is 291 g/mol. The van der Waals surface area contributed by atoms with Crippen molar-refractivity contribution in [2.45, 2.75) is 6.42 Å². The molecule has 0 unspecified atom stereocenters. The average molecular weight is 302 g/mol. The van der Waals surface area contributed by atoms with Crippen LogP contribution >= 0.6 is 27.5 Å². The molecule has 0 fully saturated rings. The molecule has 0 saturated carbocycles. The summed E-state index contributed by atoms with van der Waals surface area (Å²) in [5.41, 5.74) is 7.14. The molecule has 84 valence electrons. The first kappa shape index (κ1) is 11.6. The van der Waals surface area contributed by atoms with Crippen molar-refractivity contribution in [2.75, 3.05) is 6.54 Å². The highest BCUT2D eigenvalue weighted by molar-refractivity contribution is 9.10. The van der Waals surface area contributed by atoms with Crippen LogP contribution in [0.1, 0.15) is 5.76 Å². The number of halogens is 2. The molecule has 3 nitrogen and oxygen atoms in total. The quantitative estimate of drug-likeness (QED) is 0.946. The summed E-state index contributed by atoms with van der Waals surface area (Å²) in [6, 6.07) is 7.54. The first-order chi connectivity index (χ1) is 7.70. The van der Waals surface area contributed by atoms with Crippen molar-refractivity contribution in [3.8, 4) is 11.3 Å². The monoisotopic (exact) mass is 300 g/mol. The Morgan fingerprint density at radius 3 is 2.88 bits per heavy atom. The van der Waals surface area contributed by atoms with Gasteiger partial charge in [0, 0.05) is 22.5 Å². The van der Waals surface area contributed by atoms with E-state index in [1.807, 2.05) is 24.3 Å². The van der Waals surface area contributed by atoms with E-state index in [9.17, 15) is 0 Å². The van der Waals surface area contributed by atoms with Gasteiger partial charge in [0.15, 0.2) is 0 Å². The minimum atomic E-state index is 0.551. The van der Waals surface area contributed by atoms with E-state index in [-0.39, 0.29) is 0 Å². The molecular formula is C11H10BrClN2O. The normalized spacial score (nSPS) is 10.7. The Hall–Kier alpha value is -0.840. The number of rotatable bonds is 3. The van der Waals surface area contributed by atoms with Crippen LogP contribution < -0.4 is 5.73 Å². The molecule has 0 atom stereocenters. The Morgan fingerprint density at radius 2 is 2.19 bits per heavy atom. The Balaban J connectivity index is 2.31. The van der Waals surface area contributed by atoms with Crippen LogP contribution in [0.15, 0.2) is 33.3 Å². The maximum Gasteiger partial charge on any atom is 0.138 e. The van der Waals surface area contributed by atoms with Crippen LogP contribution in [0.3, 0.4) is 0 Å². The second-order valence-corrected chi connectivity index (χ2v) is 4.61. The number of nitrogens with zero attached hydrogens (tertiary/aromatic N) is 1. The van der Waals surface area contributed by atoms with Gasteiger partial charge >= 0.3 is 0 Å². The minimum absolute atomic E-state index is 0.551. The maximum absolute atomic E-state index is 6.01. The molecule has 1 heterocycles. The van der Waals surface area contributed by atoms with Gasteiger partial charge in [-0.2, -0.15) is 0 Å². The van der Waals surface area contributed by atoms with E-state index in [1.54, 1.807) is 0 Å². The van der Waals surface area contributed by atoms with E-state index in [0.717, 1.165) is 21.5 Å². The van der Waals surface area contributed by atoms with Crippen molar-refractivity contribution < 1.29 is 4.52 Å². The van der Waals surface area contributed by atoms with E-state index in [1.165, 1.54) is 0 Å². The molecule has 16 heavy (non-hydrogen) atoms. The Morgan fingerprint density at radius 1 is 1.38 bits per heavy atom. The van der Waals surface area contributed by atoms with Crippen LogP contribution in [0.2, 0.25) is 5.02 Å². The lowest BCUT2D eigenvalue weighted by Crippen LogP contribution is -2.01. The SMILES string of the molecule is NCCc1cc(-c2ccc(Br)c(Cl)c2)no1. The third-order valence-corrected chi connectivity index (χ3v) is 3.40. The predicted molar refractivity (Wildman–Crippen MR) is 67.4 cm³/mol. The van der Waals surface area contributed by atoms with Gasteiger partial charge in [0.1, 0.15) is 11.5 Å². The van der Waals surface area contributed by atoms with Gasteiger partial charge in [-0.05, 0) is 34.6 Å². The lowest BCUT2D eigenvalue weighted by atomic mass is 10.1. The van der Waals surface area contributed by atoms with Crippen LogP contribution in [0.4, 0.5) is 0 Å². The van der Waals surface area contributed by atoms with Crippen LogP contribution in [0.5, 0.6) is 0 Å². The summed E-state index contributed by atoms with van der Waals surface area (Å²) >= 11 is 9.35. The average Bonchev–Trinajstić information content (AvgIpc) is 2.71. The number of nitrogens with two attached hydrogens (primary N) is 1. The van der Waals surface area contributed by atoms with Gasteiger partial charge in [-0.15, -0.1) is 0 Å². The molecule has 2 N–H and O–H groups in total. The standard InChI is InChI=1S/C11H10BrClN2O/c12-9-2-1-7(5-10(9)13)11-6-8(3-4-14)16-15-11/h1-2,5-6H,3-4,14H2. The van der Waals surface area contributed by atoms with E-state index < -0.39 is 0 Å². The molecule has 2 aromatic rings. The van der Waals surface area contributed by atoms with Gasteiger partial charge in [0.25, 0.3) is 0 Å². The van der Waals surface area contributed by atoms with Crippen LogP contribution in [-0.4, -0.2) is 11.7 Å². The van der Waals surface area contributed by atoms with Crippen molar-refractivity contribution in [3.63, 3.8) is 0 Å². The van der Waals surface area contributed by atoms with Gasteiger partial charge in [-0.3, -0.25) is 0 Å². The third-order valence-electron chi connectivity index (χ3n) is 2.17. The number of aromatic nitrogens is 1. The molecule has 0 amide bonds. The third kappa shape index (κ3) is 2.45. The van der Waals surface area contributed by atoms with Crippen molar-refractivity contribution in [2.24, 2.45) is 5.73 Å². The highest BCUT2D eigenvalue weighted by Gasteiger charge is 2.07. The summed E-state index contributed by atoms with van der Waals surface area (Å²) in [7, 11) is 0. The lowest BCUT2D eigenvalue weighted by molar-refractivity contribution is 0.386. The fourth-order valence-electron chi connectivity index (χ4n) is 1.36. The summed E-state index contributed by atoms with van der Waals surface area (Å²) in [6.45, 7) is 0.551. The molecule has 0 aliphatic rings. The van der Waals surface area contributed by atoms with Crippen molar-refractivity contribution in [1.82, 2.24) is 5.16 Å². The molecule has 0 saturated heterocycles. The number of hydrogen-bond acceptors (Lipinski definition) is 3. The van der Waals surface area contributed by atoms with Crippen LogP contribution in [0.25, 0.3) is 11.3 Å². The molecule has 2 rings (SSSR count). The fraction of sp³-hybridized carbons (Fsp3) is 0.182. The largest absolute Gasteiger partial charge is 0.361 e. The molecule has 1 aromatic carbocycles. The van der Waals surface area contributed by atoms with Gasteiger partial charge in [-0.25, -0.2) is 0 Å². The first-order valence-corrected chi connectivity index (χ1v) is 5.99. The number of hydrogen-bond donors (Lipinski definition) is 1. The van der Waals surface area contributed by atoms with Crippen molar-refractivity contribution in [1.29, 1.82) is 0 Å². The predicted octanol–water partition coefficient (Wildman–Crippen LogP) is 3.26. The van der Waals surface area contributed by atoms with Crippen molar-refractivity contribution in [3.05, 3.63) is 39.5 Å². The summed E-state index contributed by atoms with van der Waals surface area (Å²) in [6.07, 6.45) is 0.692. The summed E-state index contributed by atoms with van der Waals surface area (Å²) in [5.74, 6) is 0.788. The molecule has 0 bridgehead atoms. The Kier molecular flexibility index (Phi) is 3.63. The van der Waals surface area contributed by atoms with E-state index in [2.05, 4.69) is 21.1 Å². The zero-order valence-corrected chi connectivity index (χ0v) is 10.8. The topological polar surface area (TPSA) is 52.0 Å². The number of benzene rings is 1. The van der Waals surface area contributed by atoms with Gasteiger partial charge < -0.3 is 10.3 Å². The molecule has 0 radical (unpaired) electrons. The highest BCUT2D eigenvalue weighted by atomic mass is 79.9. The second-order valence-electron chi connectivity index (χ2n) is 3.35. The molecule has 0 aliphatic carbocycles. The summed E-state index contributed by atoms with van der Waals surface area (Å²) in [5, 5.41) is 4.62. The molecule has 5 heteroatoms. The van der Waals surface area contributed by atoms with Gasteiger partial charge in [0.2, 0.25) is 0 Å². The Bertz CT molecular complexity index is 498. The smallest absolute Gasteiger partial charge is 0.138 e. The van der Waals surface area contributed by atoms with Gasteiger partial charge in [0.05, 0.1) is 5.02 Å². The molecule has 1 aromatic heterocycles. The second kappa shape index (κ2) is 4.99. The Labute approximate surface area is 107 Å². The maximum atomic E-state index is 6.01. The van der Waals surface area contributed by atoms with E-state index in [4.69, 9.17) is 21.9 Å². The molecule has 0 aliphatic heterocycles.